The molecule has 0 aliphatic rings. The second kappa shape index (κ2) is 5.20. The van der Waals surface area contributed by atoms with Crippen molar-refractivity contribution in [2.75, 3.05) is 12.3 Å². The van der Waals surface area contributed by atoms with Crippen molar-refractivity contribution in [3.63, 3.8) is 0 Å². The topological polar surface area (TPSA) is 35.2 Å². The quantitative estimate of drug-likeness (QED) is 0.659. The maximum Gasteiger partial charge on any atom is 0.392 e. The lowest BCUT2D eigenvalue weighted by Gasteiger charge is -2.12. The second-order valence-corrected chi connectivity index (χ2v) is 3.31. The van der Waals surface area contributed by atoms with Gasteiger partial charge in [-0.15, -0.1) is 0 Å². The molecule has 0 saturated heterocycles. The van der Waals surface area contributed by atoms with Crippen molar-refractivity contribution in [3.05, 3.63) is 23.8 Å². The van der Waals surface area contributed by atoms with E-state index in [1.807, 2.05) is 0 Å². The first-order valence-electron chi connectivity index (χ1n) is 4.67. The Morgan fingerprint density at radius 3 is 2.41 bits per heavy atom. The number of hydrogen-bond acceptors (Lipinski definition) is 2. The lowest BCUT2D eigenvalue weighted by molar-refractivity contribution is -0.139. The average Bonchev–Trinajstić information content (AvgIpc) is 2.18. The van der Waals surface area contributed by atoms with Gasteiger partial charge >= 0.3 is 6.18 Å². The molecule has 1 rings (SSSR count). The van der Waals surface area contributed by atoms with Gasteiger partial charge < -0.3 is 10.5 Å². The summed E-state index contributed by atoms with van der Waals surface area (Å²) in [4.78, 5) is 0. The van der Waals surface area contributed by atoms with Crippen LogP contribution in [0, 0.1) is 0 Å². The summed E-state index contributed by atoms with van der Waals surface area (Å²) in [7, 11) is 0. The lowest BCUT2D eigenvalue weighted by Crippen LogP contribution is -2.13. The van der Waals surface area contributed by atoms with E-state index < -0.39 is 31.2 Å². The van der Waals surface area contributed by atoms with E-state index in [1.165, 1.54) is 6.07 Å². The van der Waals surface area contributed by atoms with Crippen LogP contribution < -0.4 is 10.5 Å². The molecule has 0 heterocycles. The maximum absolute atomic E-state index is 12.5. The van der Waals surface area contributed by atoms with Crippen LogP contribution in [-0.4, -0.2) is 12.8 Å². The molecule has 2 N–H and O–H groups in total. The highest BCUT2D eigenvalue weighted by Crippen LogP contribution is 2.31. The van der Waals surface area contributed by atoms with Crippen LogP contribution in [0.5, 0.6) is 5.75 Å². The highest BCUT2D eigenvalue weighted by Gasteiger charge is 2.27. The molecule has 0 bridgehead atoms. The standard InChI is InChI=1S/C10H10F5NO/c11-9(12)7-5-6(16)1-2-8(7)17-4-3-10(13,14)15/h1-2,5,9H,3-4,16H2. The number of rotatable bonds is 4. The molecule has 0 radical (unpaired) electrons. The van der Waals surface area contributed by atoms with E-state index in [9.17, 15) is 22.0 Å². The summed E-state index contributed by atoms with van der Waals surface area (Å²) in [6, 6.07) is 3.40. The third-order valence-corrected chi connectivity index (χ3v) is 1.91. The normalized spacial score (nSPS) is 11.9. The van der Waals surface area contributed by atoms with E-state index in [-0.39, 0.29) is 11.4 Å². The molecule has 0 atom stereocenters. The molecule has 0 spiro atoms. The number of nitrogens with two attached hydrogens (primary N) is 1. The van der Waals surface area contributed by atoms with Crippen molar-refractivity contribution >= 4 is 5.69 Å². The number of alkyl halides is 5. The number of nitrogen functional groups attached to an aromatic ring is 1. The van der Waals surface area contributed by atoms with Crippen LogP contribution >= 0.6 is 0 Å². The Kier molecular flexibility index (Phi) is 4.14. The first kappa shape index (κ1) is 13.5. The fraction of sp³-hybridized carbons (Fsp3) is 0.400. The minimum Gasteiger partial charge on any atom is -0.493 e. The Morgan fingerprint density at radius 2 is 1.88 bits per heavy atom. The molecule has 96 valence electrons. The van der Waals surface area contributed by atoms with Gasteiger partial charge in [-0.1, -0.05) is 0 Å². The molecule has 0 aliphatic heterocycles. The Bertz CT molecular complexity index is 377. The fourth-order valence-electron chi connectivity index (χ4n) is 1.15. The number of halogens is 5. The van der Waals surface area contributed by atoms with Gasteiger partial charge in [0.25, 0.3) is 6.43 Å². The van der Waals surface area contributed by atoms with Crippen molar-refractivity contribution < 1.29 is 26.7 Å². The molecule has 0 amide bonds. The molecular formula is C10H10F5NO. The summed E-state index contributed by atoms with van der Waals surface area (Å²) in [5.41, 5.74) is 4.89. The van der Waals surface area contributed by atoms with Crippen LogP contribution in [0.2, 0.25) is 0 Å². The number of benzene rings is 1. The molecule has 0 unspecified atom stereocenters. The average molecular weight is 255 g/mol. The van der Waals surface area contributed by atoms with Gasteiger partial charge in [-0.05, 0) is 18.2 Å². The highest BCUT2D eigenvalue weighted by molar-refractivity contribution is 5.48. The van der Waals surface area contributed by atoms with E-state index in [0.29, 0.717) is 0 Å². The Balaban J connectivity index is 2.70. The van der Waals surface area contributed by atoms with Crippen molar-refractivity contribution in [2.24, 2.45) is 0 Å². The Labute approximate surface area is 94.2 Å². The predicted octanol–water partition coefficient (Wildman–Crippen LogP) is 3.54. The van der Waals surface area contributed by atoms with Crippen LogP contribution in [-0.2, 0) is 0 Å². The molecular weight excluding hydrogens is 245 g/mol. The van der Waals surface area contributed by atoms with Crippen LogP contribution in [0.25, 0.3) is 0 Å². The number of anilines is 1. The smallest absolute Gasteiger partial charge is 0.392 e. The van der Waals surface area contributed by atoms with Gasteiger partial charge in [0.2, 0.25) is 0 Å². The molecule has 17 heavy (non-hydrogen) atoms. The van der Waals surface area contributed by atoms with Gasteiger partial charge in [0.1, 0.15) is 5.75 Å². The van der Waals surface area contributed by atoms with Crippen LogP contribution in [0.4, 0.5) is 27.6 Å². The zero-order valence-electron chi connectivity index (χ0n) is 8.60. The maximum atomic E-state index is 12.5. The van der Waals surface area contributed by atoms with Gasteiger partial charge in [0.05, 0.1) is 18.6 Å². The molecule has 1 aromatic carbocycles. The van der Waals surface area contributed by atoms with Crippen molar-refractivity contribution in [1.82, 2.24) is 0 Å². The third-order valence-electron chi connectivity index (χ3n) is 1.91. The molecule has 1 aromatic rings. The summed E-state index contributed by atoms with van der Waals surface area (Å²) < 4.78 is 65.2. The van der Waals surface area contributed by atoms with Crippen LogP contribution in [0.15, 0.2) is 18.2 Å². The molecule has 7 heteroatoms. The highest BCUT2D eigenvalue weighted by atomic mass is 19.4. The van der Waals surface area contributed by atoms with E-state index in [2.05, 4.69) is 4.74 Å². The zero-order chi connectivity index (χ0) is 13.1. The SMILES string of the molecule is Nc1ccc(OCCC(F)(F)F)c(C(F)F)c1. The van der Waals surface area contributed by atoms with Crippen LogP contribution in [0.3, 0.4) is 0 Å². The molecule has 0 aromatic heterocycles. The van der Waals surface area contributed by atoms with E-state index in [4.69, 9.17) is 5.73 Å². The van der Waals surface area contributed by atoms with E-state index in [1.54, 1.807) is 0 Å². The number of hydrogen-bond donors (Lipinski definition) is 1. The summed E-state index contributed by atoms with van der Waals surface area (Å²) in [5.74, 6) is -0.279. The summed E-state index contributed by atoms with van der Waals surface area (Å²) in [5, 5.41) is 0. The van der Waals surface area contributed by atoms with Gasteiger partial charge in [0, 0.05) is 5.69 Å². The molecule has 0 aliphatic carbocycles. The Hall–Kier alpha value is -1.53. The first-order valence-corrected chi connectivity index (χ1v) is 4.67. The minimum absolute atomic E-state index is 0.100. The largest absolute Gasteiger partial charge is 0.493 e. The monoisotopic (exact) mass is 255 g/mol. The molecule has 0 saturated carbocycles. The van der Waals surface area contributed by atoms with Crippen molar-refractivity contribution in [1.29, 1.82) is 0 Å². The van der Waals surface area contributed by atoms with Gasteiger partial charge in [-0.2, -0.15) is 13.2 Å². The summed E-state index contributed by atoms with van der Waals surface area (Å²) >= 11 is 0. The lowest BCUT2D eigenvalue weighted by atomic mass is 10.2. The van der Waals surface area contributed by atoms with Crippen molar-refractivity contribution in [3.8, 4) is 5.75 Å². The summed E-state index contributed by atoms with van der Waals surface area (Å²) in [6.45, 7) is -0.701. The van der Waals surface area contributed by atoms with Gasteiger partial charge in [-0.3, -0.25) is 0 Å². The Morgan fingerprint density at radius 1 is 1.24 bits per heavy atom. The summed E-state index contributed by atoms with van der Waals surface area (Å²) in [6.07, 6.45) is -8.42. The van der Waals surface area contributed by atoms with Gasteiger partial charge in [-0.25, -0.2) is 8.78 Å². The molecule has 0 fully saturated rings. The van der Waals surface area contributed by atoms with Gasteiger partial charge in [0.15, 0.2) is 0 Å². The molecule has 2 nitrogen and oxygen atoms in total. The van der Waals surface area contributed by atoms with E-state index in [0.717, 1.165) is 12.1 Å². The van der Waals surface area contributed by atoms with E-state index >= 15 is 0 Å². The fourth-order valence-corrected chi connectivity index (χ4v) is 1.15. The minimum atomic E-state index is -4.38. The first-order chi connectivity index (χ1) is 7.79. The number of ether oxygens (including phenoxy) is 1. The predicted molar refractivity (Wildman–Crippen MR) is 52.0 cm³/mol. The van der Waals surface area contributed by atoms with Crippen LogP contribution in [0.1, 0.15) is 18.4 Å². The zero-order valence-corrected chi connectivity index (χ0v) is 8.60. The third kappa shape index (κ3) is 4.46. The second-order valence-electron chi connectivity index (χ2n) is 3.31. The van der Waals surface area contributed by atoms with Crippen molar-refractivity contribution in [2.45, 2.75) is 19.0 Å².